The summed E-state index contributed by atoms with van der Waals surface area (Å²) in [7, 11) is 0. The van der Waals surface area contributed by atoms with Gasteiger partial charge in [-0.05, 0) is 28.3 Å². The molecule has 2 aliphatic rings. The second-order valence-electron chi connectivity index (χ2n) is 8.23. The van der Waals surface area contributed by atoms with E-state index in [0.717, 1.165) is 35.5 Å². The smallest absolute Gasteiger partial charge is 0.169 e. The monoisotopic (exact) mass is 428 g/mol. The van der Waals surface area contributed by atoms with Crippen molar-refractivity contribution in [1.82, 2.24) is 0 Å². The highest BCUT2D eigenvalue weighted by molar-refractivity contribution is 7.26. The largest absolute Gasteiger partial charge is 0.487 e. The molecule has 0 aliphatic carbocycles. The molecule has 0 radical (unpaired) electrons. The number of ether oxygens (including phenoxy) is 4. The van der Waals surface area contributed by atoms with Crippen molar-refractivity contribution in [2.45, 2.75) is 12.2 Å². The van der Waals surface area contributed by atoms with Gasteiger partial charge in [0, 0.05) is 25.6 Å². The molecule has 2 unspecified atom stereocenters. The van der Waals surface area contributed by atoms with Crippen molar-refractivity contribution in [2.75, 3.05) is 26.4 Å². The van der Waals surface area contributed by atoms with Crippen LogP contribution in [0.4, 0.5) is 0 Å². The average molecular weight is 429 g/mol. The molecule has 0 bridgehead atoms. The van der Waals surface area contributed by atoms with Crippen LogP contribution in [0, 0.1) is 0 Å². The highest BCUT2D eigenvalue weighted by atomic mass is 32.1. The van der Waals surface area contributed by atoms with Crippen LogP contribution in [0.3, 0.4) is 0 Å². The second-order valence-corrected chi connectivity index (χ2v) is 9.28. The van der Waals surface area contributed by atoms with E-state index in [-0.39, 0.29) is 12.2 Å². The van der Waals surface area contributed by atoms with E-state index in [1.54, 1.807) is 0 Å². The van der Waals surface area contributed by atoms with Crippen LogP contribution < -0.4 is 9.47 Å². The van der Waals surface area contributed by atoms with Crippen LogP contribution in [0.5, 0.6) is 11.5 Å². The zero-order chi connectivity index (χ0) is 20.4. The van der Waals surface area contributed by atoms with Crippen molar-refractivity contribution >= 4 is 53.1 Å². The SMILES string of the molecule is c1ccc2c(c1)ccc1c2sc2ccc3ccc(OCC4CO4)c(OCC4CO4)c3c21. The number of epoxide rings is 2. The molecule has 0 spiro atoms. The predicted molar refractivity (Wildman–Crippen MR) is 125 cm³/mol. The maximum absolute atomic E-state index is 6.35. The number of benzene rings is 4. The summed E-state index contributed by atoms with van der Waals surface area (Å²) in [5.74, 6) is 1.59. The highest BCUT2D eigenvalue weighted by Crippen LogP contribution is 2.47. The molecule has 2 atom stereocenters. The quantitative estimate of drug-likeness (QED) is 0.315. The number of rotatable bonds is 6. The standard InChI is InChI=1S/C26H20O4S/c1-2-4-19-15(3-1)5-8-20-24-22(31-26(19)20)10-7-16-6-9-21(29-13-17-11-27-17)25(23(16)24)30-14-18-12-28-18/h1-10,17-18H,11-14H2. The zero-order valence-electron chi connectivity index (χ0n) is 16.8. The normalized spacial score (nSPS) is 20.0. The van der Waals surface area contributed by atoms with Crippen LogP contribution in [-0.2, 0) is 9.47 Å². The van der Waals surface area contributed by atoms with E-state index < -0.39 is 0 Å². The molecular weight excluding hydrogens is 408 g/mol. The Hall–Kier alpha value is -2.86. The lowest BCUT2D eigenvalue weighted by Crippen LogP contribution is -2.09. The van der Waals surface area contributed by atoms with E-state index in [1.807, 2.05) is 17.4 Å². The van der Waals surface area contributed by atoms with Gasteiger partial charge >= 0.3 is 0 Å². The Morgan fingerprint density at radius 1 is 0.742 bits per heavy atom. The lowest BCUT2D eigenvalue weighted by atomic mass is 10.0. The summed E-state index contributed by atoms with van der Waals surface area (Å²) in [6, 6.07) is 21.6. The van der Waals surface area contributed by atoms with E-state index in [1.165, 1.54) is 30.9 Å². The Labute approximate surface area is 182 Å². The highest BCUT2D eigenvalue weighted by Gasteiger charge is 2.27. The van der Waals surface area contributed by atoms with E-state index in [4.69, 9.17) is 18.9 Å². The van der Waals surface area contributed by atoms with Crippen LogP contribution in [0.15, 0.2) is 60.7 Å². The fourth-order valence-electron chi connectivity index (χ4n) is 4.30. The number of fused-ring (bicyclic) bond motifs is 7. The summed E-state index contributed by atoms with van der Waals surface area (Å²) < 4.78 is 25.8. The molecule has 3 heterocycles. The number of hydrogen-bond acceptors (Lipinski definition) is 5. The molecule has 0 saturated carbocycles. The van der Waals surface area contributed by atoms with Gasteiger partial charge < -0.3 is 18.9 Å². The Morgan fingerprint density at radius 3 is 2.32 bits per heavy atom. The molecular formula is C26H20O4S. The van der Waals surface area contributed by atoms with E-state index in [9.17, 15) is 0 Å². The molecule has 5 aromatic rings. The topological polar surface area (TPSA) is 43.5 Å². The Balaban J connectivity index is 1.51. The van der Waals surface area contributed by atoms with Crippen LogP contribution >= 0.6 is 11.3 Å². The second kappa shape index (κ2) is 6.82. The van der Waals surface area contributed by atoms with E-state index >= 15 is 0 Å². The van der Waals surface area contributed by atoms with Crippen molar-refractivity contribution in [2.24, 2.45) is 0 Å². The lowest BCUT2D eigenvalue weighted by molar-refractivity contribution is 0.230. The van der Waals surface area contributed by atoms with Gasteiger partial charge in [-0.2, -0.15) is 0 Å². The van der Waals surface area contributed by atoms with Gasteiger partial charge in [-0.1, -0.05) is 48.5 Å². The first kappa shape index (κ1) is 17.8. The van der Waals surface area contributed by atoms with Crippen LogP contribution in [0.1, 0.15) is 0 Å². The van der Waals surface area contributed by atoms with Crippen LogP contribution in [0.25, 0.3) is 41.7 Å². The molecule has 31 heavy (non-hydrogen) atoms. The zero-order valence-corrected chi connectivity index (χ0v) is 17.6. The lowest BCUT2D eigenvalue weighted by Gasteiger charge is -2.15. The molecule has 2 saturated heterocycles. The fourth-order valence-corrected chi connectivity index (χ4v) is 5.55. The molecule has 4 nitrogen and oxygen atoms in total. The first-order valence-corrected chi connectivity index (χ1v) is 11.5. The fraction of sp³-hybridized carbons (Fsp3) is 0.231. The summed E-state index contributed by atoms with van der Waals surface area (Å²) >= 11 is 1.84. The van der Waals surface area contributed by atoms with Gasteiger partial charge in [0.25, 0.3) is 0 Å². The van der Waals surface area contributed by atoms with Crippen molar-refractivity contribution in [3.05, 3.63) is 60.7 Å². The van der Waals surface area contributed by atoms with Gasteiger partial charge in [0.15, 0.2) is 11.5 Å². The van der Waals surface area contributed by atoms with Crippen molar-refractivity contribution in [1.29, 1.82) is 0 Å². The first-order chi connectivity index (χ1) is 15.3. The van der Waals surface area contributed by atoms with Gasteiger partial charge in [-0.25, -0.2) is 0 Å². The molecule has 154 valence electrons. The third-order valence-electron chi connectivity index (χ3n) is 6.07. The summed E-state index contributed by atoms with van der Waals surface area (Å²) in [5, 5.41) is 7.33. The minimum absolute atomic E-state index is 0.178. The summed E-state index contributed by atoms with van der Waals surface area (Å²) in [4.78, 5) is 0. The molecule has 7 rings (SSSR count). The van der Waals surface area contributed by atoms with E-state index in [2.05, 4.69) is 54.6 Å². The van der Waals surface area contributed by atoms with Crippen molar-refractivity contribution in [3.8, 4) is 11.5 Å². The van der Waals surface area contributed by atoms with Crippen LogP contribution in [0.2, 0.25) is 0 Å². The average Bonchev–Trinajstić information content (AvgIpc) is 3.74. The molecule has 2 aliphatic heterocycles. The summed E-state index contributed by atoms with van der Waals surface area (Å²) in [5.41, 5.74) is 0. The molecule has 5 heteroatoms. The van der Waals surface area contributed by atoms with Gasteiger partial charge in [0.2, 0.25) is 0 Å². The number of thiophene rings is 1. The number of hydrogen-bond donors (Lipinski definition) is 0. The minimum Gasteiger partial charge on any atom is -0.487 e. The maximum atomic E-state index is 6.35. The van der Waals surface area contributed by atoms with Gasteiger partial charge in [0.05, 0.1) is 13.2 Å². The molecule has 2 fully saturated rings. The Kier molecular flexibility index (Phi) is 3.91. The van der Waals surface area contributed by atoms with Crippen molar-refractivity contribution in [3.63, 3.8) is 0 Å². The molecule has 1 aromatic heterocycles. The molecule has 0 N–H and O–H groups in total. The van der Waals surface area contributed by atoms with E-state index in [0.29, 0.717) is 13.2 Å². The maximum Gasteiger partial charge on any atom is 0.169 e. The van der Waals surface area contributed by atoms with Gasteiger partial charge in [-0.15, -0.1) is 11.3 Å². The Bertz CT molecular complexity index is 1460. The third-order valence-corrected chi connectivity index (χ3v) is 7.27. The minimum atomic E-state index is 0.178. The molecule has 4 aromatic carbocycles. The van der Waals surface area contributed by atoms with Crippen molar-refractivity contribution < 1.29 is 18.9 Å². The Morgan fingerprint density at radius 2 is 1.48 bits per heavy atom. The van der Waals surface area contributed by atoms with Crippen LogP contribution in [-0.4, -0.2) is 38.6 Å². The van der Waals surface area contributed by atoms with Gasteiger partial charge in [-0.3, -0.25) is 0 Å². The van der Waals surface area contributed by atoms with Gasteiger partial charge in [0.1, 0.15) is 25.4 Å². The first-order valence-electron chi connectivity index (χ1n) is 10.6. The summed E-state index contributed by atoms with van der Waals surface area (Å²) in [6.45, 7) is 2.62. The third kappa shape index (κ3) is 3.04. The summed E-state index contributed by atoms with van der Waals surface area (Å²) in [6.07, 6.45) is 0.372. The molecule has 0 amide bonds. The predicted octanol–water partition coefficient (Wildman–Crippen LogP) is 5.92.